The molecular weight excluding hydrogens is 310 g/mol. The summed E-state index contributed by atoms with van der Waals surface area (Å²) < 4.78 is 0. The van der Waals surface area contributed by atoms with Gasteiger partial charge in [0.2, 0.25) is 0 Å². The first-order chi connectivity index (χ1) is 11.1. The van der Waals surface area contributed by atoms with Crippen molar-refractivity contribution in [2.75, 3.05) is 5.32 Å². The third-order valence-electron chi connectivity index (χ3n) is 5.27. The Labute approximate surface area is 139 Å². The topological polar surface area (TPSA) is 75.1 Å². The molecule has 1 unspecified atom stereocenters. The van der Waals surface area contributed by atoms with Gasteiger partial charge in [-0.15, -0.1) is 11.3 Å². The average Bonchev–Trinajstić information content (AvgIpc) is 3.08. The highest BCUT2D eigenvalue weighted by Gasteiger charge is 2.34. The van der Waals surface area contributed by atoms with E-state index in [0.29, 0.717) is 12.5 Å². The van der Waals surface area contributed by atoms with Crippen molar-refractivity contribution in [1.82, 2.24) is 9.97 Å². The maximum atomic E-state index is 11.6. The molecule has 0 amide bonds. The van der Waals surface area contributed by atoms with Crippen LogP contribution in [0.25, 0.3) is 10.2 Å². The molecule has 0 aromatic carbocycles. The Hall–Kier alpha value is -1.69. The number of carboxylic acid groups (broad SMARTS) is 1. The van der Waals surface area contributed by atoms with E-state index in [0.717, 1.165) is 46.8 Å². The Morgan fingerprint density at radius 1 is 1.26 bits per heavy atom. The number of nitrogens with one attached hydrogen (secondary N) is 1. The van der Waals surface area contributed by atoms with Crippen LogP contribution in [0.5, 0.6) is 0 Å². The summed E-state index contributed by atoms with van der Waals surface area (Å²) in [4.78, 5) is 22.5. The largest absolute Gasteiger partial charge is 0.481 e. The minimum atomic E-state index is -0.732. The lowest BCUT2D eigenvalue weighted by molar-refractivity contribution is -0.138. The number of aromatic nitrogens is 2. The van der Waals surface area contributed by atoms with E-state index in [1.165, 1.54) is 17.7 Å². The smallest absolute Gasteiger partial charge is 0.311 e. The first kappa shape index (κ1) is 14.9. The molecule has 5 nitrogen and oxygen atoms in total. The van der Waals surface area contributed by atoms with Gasteiger partial charge in [0.15, 0.2) is 0 Å². The van der Waals surface area contributed by atoms with Crippen molar-refractivity contribution in [3.05, 3.63) is 16.8 Å². The number of carbonyl (C=O) groups is 1. The number of hydrogen-bond acceptors (Lipinski definition) is 5. The molecule has 0 spiro atoms. The van der Waals surface area contributed by atoms with Gasteiger partial charge in [0, 0.05) is 10.9 Å². The minimum Gasteiger partial charge on any atom is -0.481 e. The van der Waals surface area contributed by atoms with Crippen LogP contribution in [0.2, 0.25) is 0 Å². The van der Waals surface area contributed by atoms with Crippen molar-refractivity contribution in [1.29, 1.82) is 0 Å². The molecular formula is C17H21N3O2S. The zero-order chi connectivity index (χ0) is 16.0. The fraction of sp³-hybridized carbons (Fsp3) is 0.588. The SMILES string of the molecule is C[C@H]1CC[C@H](Nc2ncnc3sc4c(c23)C(C(=O)O)CC4)CC1. The van der Waals surface area contributed by atoms with Gasteiger partial charge in [-0.05, 0) is 50.0 Å². The third-order valence-corrected chi connectivity index (χ3v) is 6.44. The predicted molar refractivity (Wildman–Crippen MR) is 91.2 cm³/mol. The molecule has 2 aromatic heterocycles. The van der Waals surface area contributed by atoms with E-state index in [-0.39, 0.29) is 0 Å². The van der Waals surface area contributed by atoms with Gasteiger partial charge in [0.25, 0.3) is 0 Å². The molecule has 0 bridgehead atoms. The molecule has 2 aromatic rings. The van der Waals surface area contributed by atoms with Crippen molar-refractivity contribution in [2.24, 2.45) is 5.92 Å². The molecule has 1 saturated carbocycles. The molecule has 2 heterocycles. The van der Waals surface area contributed by atoms with Crippen LogP contribution in [0.4, 0.5) is 5.82 Å². The van der Waals surface area contributed by atoms with Crippen molar-refractivity contribution < 1.29 is 9.90 Å². The summed E-state index contributed by atoms with van der Waals surface area (Å²) in [6, 6.07) is 0.435. The Kier molecular flexibility index (Phi) is 3.71. The van der Waals surface area contributed by atoms with Crippen molar-refractivity contribution in [3.63, 3.8) is 0 Å². The third kappa shape index (κ3) is 2.59. The predicted octanol–water partition coefficient (Wildman–Crippen LogP) is 3.80. The number of rotatable bonds is 3. The normalized spacial score (nSPS) is 27.1. The van der Waals surface area contributed by atoms with E-state index in [4.69, 9.17) is 0 Å². The molecule has 1 fully saturated rings. The van der Waals surface area contributed by atoms with Crippen molar-refractivity contribution >= 4 is 33.3 Å². The Balaban J connectivity index is 1.71. The molecule has 4 rings (SSSR count). The minimum absolute atomic E-state index is 0.406. The standard InChI is InChI=1S/C17H21N3O2S/c1-9-2-4-10(5-3-9)20-15-14-13-11(17(21)22)6-7-12(13)23-16(14)19-8-18-15/h8-11H,2-7H2,1H3,(H,21,22)(H,18,19,20)/t9-,10-,11?. The number of aryl methyl sites for hydroxylation is 1. The molecule has 0 aliphatic heterocycles. The fourth-order valence-corrected chi connectivity index (χ4v) is 5.14. The van der Waals surface area contributed by atoms with Gasteiger partial charge in [-0.3, -0.25) is 4.79 Å². The highest BCUT2D eigenvalue weighted by atomic mass is 32.1. The van der Waals surface area contributed by atoms with Crippen molar-refractivity contribution in [3.8, 4) is 0 Å². The van der Waals surface area contributed by atoms with Crippen molar-refractivity contribution in [2.45, 2.75) is 57.4 Å². The van der Waals surface area contributed by atoms with E-state index in [1.54, 1.807) is 17.7 Å². The van der Waals surface area contributed by atoms with Crippen LogP contribution in [0.1, 0.15) is 55.4 Å². The Bertz CT molecular complexity index is 750. The lowest BCUT2D eigenvalue weighted by Gasteiger charge is -2.27. The van der Waals surface area contributed by atoms with Crippen LogP contribution in [0, 0.1) is 5.92 Å². The summed E-state index contributed by atoms with van der Waals surface area (Å²) >= 11 is 1.63. The van der Waals surface area contributed by atoms with Gasteiger partial charge < -0.3 is 10.4 Å². The summed E-state index contributed by atoms with van der Waals surface area (Å²) in [6.07, 6.45) is 7.92. The Morgan fingerprint density at radius 2 is 2.04 bits per heavy atom. The molecule has 2 aliphatic rings. The number of aliphatic carboxylic acids is 1. The van der Waals surface area contributed by atoms with E-state index in [1.807, 2.05) is 0 Å². The molecule has 23 heavy (non-hydrogen) atoms. The first-order valence-corrected chi connectivity index (χ1v) is 9.20. The van der Waals surface area contributed by atoms with Gasteiger partial charge in [-0.1, -0.05) is 6.92 Å². The highest BCUT2D eigenvalue weighted by Crippen LogP contribution is 2.45. The quantitative estimate of drug-likeness (QED) is 0.895. The summed E-state index contributed by atoms with van der Waals surface area (Å²) in [5.41, 5.74) is 0.963. The zero-order valence-corrected chi connectivity index (χ0v) is 14.0. The second-order valence-corrected chi connectivity index (χ2v) is 7.96. The number of carboxylic acids is 1. The number of thiophene rings is 1. The second kappa shape index (κ2) is 5.74. The summed E-state index contributed by atoms with van der Waals surface area (Å²) in [5, 5.41) is 14.1. The Morgan fingerprint density at radius 3 is 2.78 bits per heavy atom. The van der Waals surface area contributed by atoms with Gasteiger partial charge in [-0.25, -0.2) is 9.97 Å². The van der Waals surface area contributed by atoms with Crippen LogP contribution < -0.4 is 5.32 Å². The number of nitrogens with zero attached hydrogens (tertiary/aromatic N) is 2. The summed E-state index contributed by atoms with van der Waals surface area (Å²) in [5.74, 6) is 0.502. The zero-order valence-electron chi connectivity index (χ0n) is 13.2. The van der Waals surface area contributed by atoms with Crippen LogP contribution >= 0.6 is 11.3 Å². The summed E-state index contributed by atoms with van der Waals surface area (Å²) in [7, 11) is 0. The lowest BCUT2D eigenvalue weighted by atomic mass is 9.87. The monoisotopic (exact) mass is 331 g/mol. The van der Waals surface area contributed by atoms with Gasteiger partial charge in [0.1, 0.15) is 17.0 Å². The molecule has 0 saturated heterocycles. The molecule has 1 atom stereocenters. The maximum absolute atomic E-state index is 11.6. The van der Waals surface area contributed by atoms with E-state index in [9.17, 15) is 9.90 Å². The van der Waals surface area contributed by atoms with Gasteiger partial charge in [-0.2, -0.15) is 0 Å². The second-order valence-electron chi connectivity index (χ2n) is 6.87. The fourth-order valence-electron chi connectivity index (χ4n) is 3.93. The van der Waals surface area contributed by atoms with Crippen LogP contribution in [-0.2, 0) is 11.2 Å². The molecule has 2 N–H and O–H groups in total. The summed E-state index contributed by atoms with van der Waals surface area (Å²) in [6.45, 7) is 2.31. The van der Waals surface area contributed by atoms with E-state index >= 15 is 0 Å². The molecule has 0 radical (unpaired) electrons. The van der Waals surface area contributed by atoms with Gasteiger partial charge in [0.05, 0.1) is 11.3 Å². The lowest BCUT2D eigenvalue weighted by Crippen LogP contribution is -2.25. The highest BCUT2D eigenvalue weighted by molar-refractivity contribution is 7.19. The molecule has 6 heteroatoms. The molecule has 122 valence electrons. The number of hydrogen-bond donors (Lipinski definition) is 2. The maximum Gasteiger partial charge on any atom is 0.311 e. The first-order valence-electron chi connectivity index (χ1n) is 8.39. The molecule has 2 aliphatic carbocycles. The number of fused-ring (bicyclic) bond motifs is 3. The average molecular weight is 331 g/mol. The number of anilines is 1. The van der Waals surface area contributed by atoms with Crippen LogP contribution in [0.3, 0.4) is 0 Å². The van der Waals surface area contributed by atoms with E-state index in [2.05, 4.69) is 22.2 Å². The van der Waals surface area contributed by atoms with Gasteiger partial charge >= 0.3 is 5.97 Å². The van der Waals surface area contributed by atoms with Crippen LogP contribution in [-0.4, -0.2) is 27.1 Å². The van der Waals surface area contributed by atoms with Crippen LogP contribution in [0.15, 0.2) is 6.33 Å². The van der Waals surface area contributed by atoms with E-state index < -0.39 is 11.9 Å².